The van der Waals surface area contributed by atoms with Gasteiger partial charge in [0.05, 0.1) is 41.2 Å². The molecule has 0 bridgehead atoms. The molecular weight excluding hydrogens is 386 g/mol. The molecule has 8 nitrogen and oxygen atoms in total. The molecule has 0 atom stereocenters. The lowest BCUT2D eigenvalue weighted by atomic mass is 10.2. The van der Waals surface area contributed by atoms with E-state index in [1.165, 1.54) is 11.3 Å². The van der Waals surface area contributed by atoms with Crippen LogP contribution in [0.25, 0.3) is 10.6 Å². The predicted octanol–water partition coefficient (Wildman–Crippen LogP) is 3.21. The highest BCUT2D eigenvalue weighted by molar-refractivity contribution is 7.19. The summed E-state index contributed by atoms with van der Waals surface area (Å²) in [7, 11) is 1.83. The standard InChI is InChI=1S/C20H21N7OS/c1-14-18(29-20(22-2)24-14)17-15(12-21)13-23-19(25-17)27(16-6-4-3-5-7-16)26-8-10-28-11-9-26/h3-7,13H,8-11H2,1-2H3,(H,22,24). The number of hydrazine groups is 1. The maximum absolute atomic E-state index is 9.63. The minimum Gasteiger partial charge on any atom is -0.379 e. The molecule has 3 aromatic rings. The molecule has 1 saturated heterocycles. The van der Waals surface area contributed by atoms with E-state index in [-0.39, 0.29) is 0 Å². The van der Waals surface area contributed by atoms with Crippen LogP contribution in [0, 0.1) is 18.3 Å². The Morgan fingerprint density at radius 1 is 1.21 bits per heavy atom. The van der Waals surface area contributed by atoms with Crippen LogP contribution in [0.3, 0.4) is 0 Å². The molecule has 1 aliphatic heterocycles. The number of hydrogen-bond donors (Lipinski definition) is 1. The van der Waals surface area contributed by atoms with Gasteiger partial charge in [-0.3, -0.25) is 0 Å². The van der Waals surface area contributed by atoms with Gasteiger partial charge in [0.2, 0.25) is 5.95 Å². The number of nitrogens with one attached hydrogen (secondary N) is 1. The summed E-state index contributed by atoms with van der Waals surface area (Å²) < 4.78 is 5.52. The van der Waals surface area contributed by atoms with E-state index in [0.717, 1.165) is 34.5 Å². The minimum atomic E-state index is 0.429. The second kappa shape index (κ2) is 8.53. The third kappa shape index (κ3) is 3.91. The average Bonchev–Trinajstić information content (AvgIpc) is 3.16. The van der Waals surface area contributed by atoms with Crippen LogP contribution in [0.15, 0.2) is 36.5 Å². The minimum absolute atomic E-state index is 0.429. The van der Waals surface area contributed by atoms with Crippen LogP contribution < -0.4 is 10.3 Å². The molecule has 4 rings (SSSR count). The molecule has 29 heavy (non-hydrogen) atoms. The Balaban J connectivity index is 1.83. The molecule has 0 saturated carbocycles. The number of anilines is 3. The van der Waals surface area contributed by atoms with Gasteiger partial charge in [0.1, 0.15) is 11.8 Å². The van der Waals surface area contributed by atoms with Gasteiger partial charge in [-0.15, -0.1) is 0 Å². The van der Waals surface area contributed by atoms with E-state index in [4.69, 9.17) is 9.72 Å². The van der Waals surface area contributed by atoms with Crippen molar-refractivity contribution >= 4 is 28.1 Å². The summed E-state index contributed by atoms with van der Waals surface area (Å²) in [4.78, 5) is 14.7. The molecule has 0 spiro atoms. The van der Waals surface area contributed by atoms with Gasteiger partial charge in [0.15, 0.2) is 5.13 Å². The van der Waals surface area contributed by atoms with Gasteiger partial charge in [-0.25, -0.2) is 25.0 Å². The predicted molar refractivity (Wildman–Crippen MR) is 113 cm³/mol. The fourth-order valence-electron chi connectivity index (χ4n) is 3.18. The molecule has 1 aromatic carbocycles. The van der Waals surface area contributed by atoms with Crippen molar-refractivity contribution in [3.05, 3.63) is 47.8 Å². The van der Waals surface area contributed by atoms with Gasteiger partial charge in [0, 0.05) is 20.1 Å². The fraction of sp³-hybridized carbons (Fsp3) is 0.300. The zero-order chi connectivity index (χ0) is 20.2. The van der Waals surface area contributed by atoms with Gasteiger partial charge in [-0.05, 0) is 19.1 Å². The summed E-state index contributed by atoms with van der Waals surface area (Å²) >= 11 is 1.48. The SMILES string of the molecule is CNc1nc(C)c(-c2nc(N(c3ccccc3)N3CCOCC3)ncc2C#N)s1. The number of thiazole rings is 1. The molecule has 2 aromatic heterocycles. The van der Waals surface area contributed by atoms with Crippen molar-refractivity contribution in [3.8, 4) is 16.6 Å². The van der Waals surface area contributed by atoms with E-state index in [9.17, 15) is 5.26 Å². The molecule has 1 N–H and O–H groups in total. The molecule has 1 fully saturated rings. The molecule has 9 heteroatoms. The second-order valence-corrected chi connectivity index (χ2v) is 7.44. The van der Waals surface area contributed by atoms with Gasteiger partial charge in [-0.2, -0.15) is 5.26 Å². The molecule has 148 valence electrons. The van der Waals surface area contributed by atoms with E-state index in [0.29, 0.717) is 30.4 Å². The van der Waals surface area contributed by atoms with Crippen LogP contribution in [0.5, 0.6) is 0 Å². The molecule has 0 amide bonds. The number of rotatable bonds is 5. The summed E-state index contributed by atoms with van der Waals surface area (Å²) in [6, 6.07) is 12.2. The number of hydrogen-bond acceptors (Lipinski definition) is 9. The molecule has 1 aliphatic rings. The topological polar surface area (TPSA) is 90.2 Å². The molecule has 3 heterocycles. The summed E-state index contributed by atoms with van der Waals surface area (Å²) in [5.74, 6) is 0.519. The Labute approximate surface area is 173 Å². The highest BCUT2D eigenvalue weighted by Gasteiger charge is 2.25. The van der Waals surface area contributed by atoms with Crippen LogP contribution in [-0.2, 0) is 4.74 Å². The Kier molecular flexibility index (Phi) is 5.67. The summed E-state index contributed by atoms with van der Waals surface area (Å²) in [5.41, 5.74) is 2.82. The van der Waals surface area contributed by atoms with Crippen LogP contribution in [0.2, 0.25) is 0 Å². The largest absolute Gasteiger partial charge is 0.379 e. The van der Waals surface area contributed by atoms with Gasteiger partial charge < -0.3 is 10.1 Å². The van der Waals surface area contributed by atoms with E-state index in [2.05, 4.69) is 26.4 Å². The number of ether oxygens (including phenoxy) is 1. The van der Waals surface area contributed by atoms with Crippen LogP contribution in [0.4, 0.5) is 16.8 Å². The maximum Gasteiger partial charge on any atom is 0.245 e. The lowest BCUT2D eigenvalue weighted by Gasteiger charge is -2.37. The molecule has 0 radical (unpaired) electrons. The quantitative estimate of drug-likeness (QED) is 0.690. The summed E-state index contributed by atoms with van der Waals surface area (Å²) in [5, 5.41) is 17.6. The van der Waals surface area contributed by atoms with Crippen LogP contribution in [-0.4, -0.2) is 53.3 Å². The second-order valence-electron chi connectivity index (χ2n) is 6.44. The van der Waals surface area contributed by atoms with Crippen molar-refractivity contribution < 1.29 is 4.74 Å². The van der Waals surface area contributed by atoms with Gasteiger partial charge >= 0.3 is 0 Å². The third-order valence-corrected chi connectivity index (χ3v) is 5.76. The Morgan fingerprint density at radius 3 is 2.62 bits per heavy atom. The highest BCUT2D eigenvalue weighted by Crippen LogP contribution is 2.35. The number of nitriles is 1. The number of benzene rings is 1. The molecule has 0 unspecified atom stereocenters. The number of nitrogens with zero attached hydrogens (tertiary/aromatic N) is 6. The Morgan fingerprint density at radius 2 is 1.97 bits per heavy atom. The fourth-order valence-corrected chi connectivity index (χ4v) is 4.10. The monoisotopic (exact) mass is 407 g/mol. The van der Waals surface area contributed by atoms with E-state index in [1.807, 2.05) is 49.3 Å². The number of para-hydroxylation sites is 1. The van der Waals surface area contributed by atoms with E-state index in [1.54, 1.807) is 6.20 Å². The van der Waals surface area contributed by atoms with E-state index >= 15 is 0 Å². The highest BCUT2D eigenvalue weighted by atomic mass is 32.1. The molecule has 0 aliphatic carbocycles. The van der Waals surface area contributed by atoms with Crippen LogP contribution >= 0.6 is 11.3 Å². The average molecular weight is 408 g/mol. The Bertz CT molecular complexity index is 1030. The van der Waals surface area contributed by atoms with E-state index < -0.39 is 0 Å². The van der Waals surface area contributed by atoms with Gasteiger partial charge in [0.25, 0.3) is 0 Å². The summed E-state index contributed by atoms with van der Waals surface area (Å²) in [6.45, 7) is 4.68. The number of morpholine rings is 1. The van der Waals surface area contributed by atoms with Crippen molar-refractivity contribution in [3.63, 3.8) is 0 Å². The van der Waals surface area contributed by atoms with Crippen molar-refractivity contribution in [1.29, 1.82) is 5.26 Å². The van der Waals surface area contributed by atoms with Gasteiger partial charge in [-0.1, -0.05) is 29.5 Å². The van der Waals surface area contributed by atoms with Crippen molar-refractivity contribution in [2.45, 2.75) is 6.92 Å². The zero-order valence-electron chi connectivity index (χ0n) is 16.3. The maximum atomic E-state index is 9.63. The number of aryl methyl sites for hydroxylation is 1. The third-order valence-electron chi connectivity index (χ3n) is 4.58. The first-order valence-corrected chi connectivity index (χ1v) is 10.1. The van der Waals surface area contributed by atoms with Crippen LogP contribution in [0.1, 0.15) is 11.3 Å². The Hall–Kier alpha value is -3.06. The molecular formula is C20H21N7OS. The lowest BCUT2D eigenvalue weighted by molar-refractivity contribution is 0.0371. The van der Waals surface area contributed by atoms with Crippen molar-refractivity contribution in [1.82, 2.24) is 20.0 Å². The normalized spacial score (nSPS) is 14.4. The smallest absolute Gasteiger partial charge is 0.245 e. The van der Waals surface area contributed by atoms with Crippen molar-refractivity contribution in [2.75, 3.05) is 43.7 Å². The number of aromatic nitrogens is 3. The first-order chi connectivity index (χ1) is 14.2. The summed E-state index contributed by atoms with van der Waals surface area (Å²) in [6.07, 6.45) is 1.59. The lowest BCUT2D eigenvalue weighted by Crippen LogP contribution is -2.47. The zero-order valence-corrected chi connectivity index (χ0v) is 17.1. The first-order valence-electron chi connectivity index (χ1n) is 9.31. The van der Waals surface area contributed by atoms with Crippen molar-refractivity contribution in [2.24, 2.45) is 0 Å². The first kappa shape index (κ1) is 19.3.